The second-order valence-electron chi connectivity index (χ2n) is 5.48. The summed E-state index contributed by atoms with van der Waals surface area (Å²) in [5, 5.41) is 24.4. The zero-order chi connectivity index (χ0) is 18.2. The van der Waals surface area contributed by atoms with Crippen molar-refractivity contribution in [1.82, 2.24) is 10.2 Å². The van der Waals surface area contributed by atoms with E-state index in [-0.39, 0.29) is 53.0 Å². The first kappa shape index (κ1) is 21.4. The number of hydrogen-bond acceptors (Lipinski definition) is 8. The minimum Gasteiger partial charge on any atom is -0.543 e. The van der Waals surface area contributed by atoms with E-state index in [2.05, 4.69) is 5.32 Å². The molecule has 3 rings (SSSR count). The normalized spacial score (nSPS) is 24.5. The van der Waals surface area contributed by atoms with Crippen molar-refractivity contribution < 1.29 is 58.9 Å². The molecule has 2 amide bonds. The number of nitrogens with one attached hydrogen (secondary N) is 1. The Morgan fingerprint density at radius 3 is 2.81 bits per heavy atom. The van der Waals surface area contributed by atoms with Gasteiger partial charge < -0.3 is 25.1 Å². The number of fused-ring (bicyclic) bond motifs is 1. The van der Waals surface area contributed by atoms with Crippen molar-refractivity contribution >= 4 is 40.9 Å². The minimum absolute atomic E-state index is 0. The Bertz CT molecular complexity index is 753. The summed E-state index contributed by atoms with van der Waals surface area (Å²) in [6, 6.07) is 3.62. The second-order valence-corrected chi connectivity index (χ2v) is 7.58. The summed E-state index contributed by atoms with van der Waals surface area (Å²) in [5.74, 6) is -2.45. The van der Waals surface area contributed by atoms with Crippen LogP contribution in [0.2, 0.25) is 0 Å². The van der Waals surface area contributed by atoms with Gasteiger partial charge in [0.2, 0.25) is 5.91 Å². The first-order valence-electron chi connectivity index (χ1n) is 7.32. The van der Waals surface area contributed by atoms with Gasteiger partial charge in [0, 0.05) is 17.7 Å². The van der Waals surface area contributed by atoms with E-state index in [9.17, 15) is 24.6 Å². The fourth-order valence-electron chi connectivity index (χ4n) is 2.88. The van der Waals surface area contributed by atoms with Crippen molar-refractivity contribution in [3.8, 4) is 0 Å². The molecule has 11 heteroatoms. The topological polar surface area (TPSA) is 119 Å². The molecule has 1 fully saturated rings. The quantitative estimate of drug-likeness (QED) is 0.279. The molecule has 1 saturated heterocycles. The number of carbonyl (C=O) groups excluding carboxylic acids is 3. The fourth-order valence-corrected chi connectivity index (χ4v) is 5.01. The molecule has 0 radical (unpaired) electrons. The number of carboxylic acids is 1. The van der Waals surface area contributed by atoms with Crippen LogP contribution in [0.5, 0.6) is 0 Å². The number of carboxylic acid groups (broad SMARTS) is 1. The van der Waals surface area contributed by atoms with E-state index in [1.54, 1.807) is 6.07 Å². The molecule has 0 aliphatic carbocycles. The van der Waals surface area contributed by atoms with E-state index >= 15 is 0 Å². The number of aliphatic hydroxyl groups is 1. The number of ether oxygens (including phenoxy) is 1. The number of aliphatic carboxylic acids is 1. The van der Waals surface area contributed by atoms with Gasteiger partial charge in [-0.25, -0.2) is 0 Å². The zero-order valence-corrected chi connectivity index (χ0v) is 17.8. The van der Waals surface area contributed by atoms with Gasteiger partial charge in [0.05, 0.1) is 24.7 Å². The maximum absolute atomic E-state index is 12.6. The molecule has 1 aromatic heterocycles. The third-order valence-corrected chi connectivity index (χ3v) is 6.31. The van der Waals surface area contributed by atoms with Crippen LogP contribution in [-0.4, -0.2) is 58.4 Å². The van der Waals surface area contributed by atoms with Crippen molar-refractivity contribution in [2.24, 2.45) is 0 Å². The van der Waals surface area contributed by atoms with Crippen LogP contribution in [0.1, 0.15) is 4.88 Å². The summed E-state index contributed by atoms with van der Waals surface area (Å²) in [5.41, 5.74) is -1.78. The number of thioether (sulfide) groups is 1. The summed E-state index contributed by atoms with van der Waals surface area (Å²) in [7, 11) is 1.28. The molecule has 8 nitrogen and oxygen atoms in total. The van der Waals surface area contributed by atoms with E-state index in [1.165, 1.54) is 30.2 Å². The molecule has 0 bridgehead atoms. The number of aliphatic hydroxyl groups excluding tert-OH is 1. The summed E-state index contributed by atoms with van der Waals surface area (Å²) in [6.07, 6.45) is 0.0957. The van der Waals surface area contributed by atoms with Crippen LogP contribution >= 0.6 is 23.1 Å². The van der Waals surface area contributed by atoms with Crippen molar-refractivity contribution in [2.75, 3.05) is 19.5 Å². The SMILES string of the molecule is CO[C@]1(NC(=O)Cc2cccs2)C(=O)N2C(C(=O)[O-])=C(CO)CS[C@H]21.[Na+]. The number of hydrogen-bond donors (Lipinski definition) is 2. The Morgan fingerprint density at radius 1 is 1.54 bits per heavy atom. The van der Waals surface area contributed by atoms with Gasteiger partial charge >= 0.3 is 29.6 Å². The first-order chi connectivity index (χ1) is 11.9. The van der Waals surface area contributed by atoms with Crippen molar-refractivity contribution in [3.05, 3.63) is 33.7 Å². The summed E-state index contributed by atoms with van der Waals surface area (Å²) < 4.78 is 5.30. The largest absolute Gasteiger partial charge is 1.00 e. The van der Waals surface area contributed by atoms with Crippen molar-refractivity contribution in [3.63, 3.8) is 0 Å². The molecule has 2 atom stereocenters. The van der Waals surface area contributed by atoms with Crippen LogP contribution in [0.4, 0.5) is 0 Å². The fraction of sp³-hybridized carbons (Fsp3) is 0.400. The maximum atomic E-state index is 12.6. The van der Waals surface area contributed by atoms with Gasteiger partial charge in [-0.1, -0.05) is 6.07 Å². The van der Waals surface area contributed by atoms with Crippen LogP contribution in [-0.2, 0) is 25.5 Å². The summed E-state index contributed by atoms with van der Waals surface area (Å²) in [6.45, 7) is -0.489. The third-order valence-electron chi connectivity index (χ3n) is 4.06. The zero-order valence-electron chi connectivity index (χ0n) is 14.2. The van der Waals surface area contributed by atoms with E-state index in [4.69, 9.17) is 4.74 Å². The molecule has 26 heavy (non-hydrogen) atoms. The molecule has 0 spiro atoms. The standard InChI is InChI=1S/C15H16N2O6S2.Na/c1-23-15(16-10(19)5-9-3-2-4-24-9)13(22)17-11(12(20)21)8(6-18)7-25-14(15)17;/h2-4,14,18H,5-7H2,1H3,(H,16,19)(H,20,21);/q;+1/p-1/t14-,15+;/m0./s1. The molecular weight excluding hydrogens is 391 g/mol. The molecule has 2 aliphatic rings. The van der Waals surface area contributed by atoms with Crippen LogP contribution in [0.15, 0.2) is 28.8 Å². The van der Waals surface area contributed by atoms with E-state index in [0.29, 0.717) is 0 Å². The number of rotatable bonds is 6. The molecule has 2 aliphatic heterocycles. The van der Waals surface area contributed by atoms with Crippen LogP contribution in [0.25, 0.3) is 0 Å². The summed E-state index contributed by atoms with van der Waals surface area (Å²) >= 11 is 2.63. The number of carbonyl (C=O) groups is 3. The first-order valence-corrected chi connectivity index (χ1v) is 9.25. The minimum atomic E-state index is -1.62. The average Bonchev–Trinajstić information content (AvgIpc) is 3.10. The van der Waals surface area contributed by atoms with E-state index in [1.807, 2.05) is 11.4 Å². The Hall–Kier alpha value is -0.880. The third kappa shape index (κ3) is 3.47. The van der Waals surface area contributed by atoms with Crippen molar-refractivity contribution in [2.45, 2.75) is 17.5 Å². The van der Waals surface area contributed by atoms with Gasteiger partial charge in [0.25, 0.3) is 11.6 Å². The summed E-state index contributed by atoms with van der Waals surface area (Å²) in [4.78, 5) is 38.1. The second kappa shape index (κ2) is 8.42. The van der Waals surface area contributed by atoms with Gasteiger partial charge in [-0.3, -0.25) is 14.5 Å². The molecular formula is C15H15N2NaO6S2. The van der Waals surface area contributed by atoms with Gasteiger partial charge in [0.15, 0.2) is 0 Å². The number of methoxy groups -OCH3 is 1. The Labute approximate surface area is 179 Å². The number of β-lactam (4-membered cyclic amide) rings is 1. The predicted octanol–water partition coefficient (Wildman–Crippen LogP) is -4.34. The smallest absolute Gasteiger partial charge is 0.543 e. The van der Waals surface area contributed by atoms with Crippen molar-refractivity contribution in [1.29, 1.82) is 0 Å². The molecule has 0 aromatic carbocycles. The van der Waals surface area contributed by atoms with Crippen LogP contribution < -0.4 is 40.0 Å². The number of amides is 2. The van der Waals surface area contributed by atoms with E-state index in [0.717, 1.165) is 9.78 Å². The molecule has 2 N–H and O–H groups in total. The van der Waals surface area contributed by atoms with Gasteiger partial charge in [0.1, 0.15) is 5.37 Å². The molecule has 1 aromatic rings. The average molecular weight is 406 g/mol. The van der Waals surface area contributed by atoms with Crippen LogP contribution in [0, 0.1) is 0 Å². The monoisotopic (exact) mass is 406 g/mol. The van der Waals surface area contributed by atoms with Gasteiger partial charge in [-0.05, 0) is 17.0 Å². The Morgan fingerprint density at radius 2 is 2.27 bits per heavy atom. The molecule has 0 unspecified atom stereocenters. The Balaban J connectivity index is 0.00000243. The van der Waals surface area contributed by atoms with Crippen LogP contribution in [0.3, 0.4) is 0 Å². The molecule has 3 heterocycles. The molecule has 0 saturated carbocycles. The molecule has 134 valence electrons. The number of nitrogens with zero attached hydrogens (tertiary/aromatic N) is 1. The Kier molecular flexibility index (Phi) is 6.94. The predicted molar refractivity (Wildman–Crippen MR) is 88.1 cm³/mol. The van der Waals surface area contributed by atoms with Gasteiger partial charge in [-0.2, -0.15) is 0 Å². The number of thiophene rings is 1. The van der Waals surface area contributed by atoms with Gasteiger partial charge in [-0.15, -0.1) is 23.1 Å². The van der Waals surface area contributed by atoms with E-state index < -0.39 is 35.5 Å². The maximum Gasteiger partial charge on any atom is 1.00 e.